The third-order valence-corrected chi connectivity index (χ3v) is 6.40. The Balaban J connectivity index is 0. The van der Waals surface area contributed by atoms with E-state index in [0.29, 0.717) is 0 Å². The molecule has 0 aromatic carbocycles. The summed E-state index contributed by atoms with van der Waals surface area (Å²) < 4.78 is 0. The Morgan fingerprint density at radius 1 is 0.543 bits per heavy atom. The van der Waals surface area contributed by atoms with E-state index in [1.165, 1.54) is 83.5 Å². The lowest BCUT2D eigenvalue weighted by Gasteiger charge is -2.10. The first kappa shape index (κ1) is 35.8. The number of allylic oxidation sites excluding steroid dienone is 4. The molecule has 3 nitrogen and oxygen atoms in total. The Bertz CT molecular complexity index is 481. The van der Waals surface area contributed by atoms with Crippen LogP contribution in [0.25, 0.3) is 0 Å². The number of hydrogen-bond donors (Lipinski definition) is 1. The summed E-state index contributed by atoms with van der Waals surface area (Å²) in [6, 6.07) is 0. The molecule has 0 heterocycles. The van der Waals surface area contributed by atoms with Crippen LogP contribution in [0.3, 0.4) is 0 Å². The Labute approximate surface area is 219 Å². The molecule has 0 amide bonds. The van der Waals surface area contributed by atoms with Crippen molar-refractivity contribution in [1.29, 1.82) is 0 Å². The normalized spacial score (nSPS) is 12.1. The number of aliphatic carboxylic acids is 1. The van der Waals surface area contributed by atoms with Gasteiger partial charge in [-0.3, -0.25) is 4.79 Å². The molecular formula is C32H60O3. The van der Waals surface area contributed by atoms with Crippen molar-refractivity contribution in [1.82, 2.24) is 0 Å². The van der Waals surface area contributed by atoms with E-state index in [1.54, 1.807) is 0 Å². The maximum Gasteiger partial charge on any atom is 0.306 e. The van der Waals surface area contributed by atoms with Gasteiger partial charge in [-0.15, -0.1) is 0 Å². The molecule has 0 aliphatic rings. The topological polar surface area (TPSA) is 54.4 Å². The van der Waals surface area contributed by atoms with Crippen molar-refractivity contribution >= 4 is 12.3 Å². The smallest absolute Gasteiger partial charge is 0.306 e. The molecule has 0 saturated heterocycles. The number of carbonyl (C=O) groups is 2. The molecule has 0 aromatic heterocycles. The fourth-order valence-corrected chi connectivity index (χ4v) is 4.01. The minimum Gasteiger partial charge on any atom is -0.481 e. The zero-order valence-electron chi connectivity index (χ0n) is 23.8. The molecule has 206 valence electrons. The summed E-state index contributed by atoms with van der Waals surface area (Å²) in [6.45, 7) is 6.60. The molecule has 0 fully saturated rings. The maximum absolute atomic E-state index is 11.1. The molecular weight excluding hydrogens is 432 g/mol. The summed E-state index contributed by atoms with van der Waals surface area (Å²) in [5.41, 5.74) is 0. The van der Waals surface area contributed by atoms with Crippen LogP contribution in [0.4, 0.5) is 0 Å². The number of carboxylic acids is 1. The van der Waals surface area contributed by atoms with Gasteiger partial charge in [-0.2, -0.15) is 0 Å². The van der Waals surface area contributed by atoms with E-state index in [9.17, 15) is 9.59 Å². The number of carbonyl (C=O) groups excluding carboxylic acids is 1. The van der Waals surface area contributed by atoms with Gasteiger partial charge in [0.1, 0.15) is 6.29 Å². The average Bonchev–Trinajstić information content (AvgIpc) is 2.85. The fraction of sp³-hybridized carbons (Fsp3) is 0.812. The van der Waals surface area contributed by atoms with Gasteiger partial charge in [0.2, 0.25) is 0 Å². The van der Waals surface area contributed by atoms with Crippen molar-refractivity contribution in [2.75, 3.05) is 0 Å². The van der Waals surface area contributed by atoms with Gasteiger partial charge in [0.05, 0.1) is 5.92 Å². The largest absolute Gasteiger partial charge is 0.481 e. The van der Waals surface area contributed by atoms with Gasteiger partial charge in [0, 0.05) is 6.42 Å². The number of rotatable bonds is 25. The minimum atomic E-state index is -0.607. The molecule has 0 unspecified atom stereocenters. The second kappa shape index (κ2) is 32.6. The van der Waals surface area contributed by atoms with Gasteiger partial charge >= 0.3 is 5.97 Å². The van der Waals surface area contributed by atoms with Crippen molar-refractivity contribution in [3.63, 3.8) is 0 Å². The Hall–Kier alpha value is -1.38. The van der Waals surface area contributed by atoms with E-state index >= 15 is 0 Å². The van der Waals surface area contributed by atoms with Crippen LogP contribution in [0.2, 0.25) is 0 Å². The first-order chi connectivity index (χ1) is 17.1. The zero-order chi connectivity index (χ0) is 26.2. The average molecular weight is 493 g/mol. The molecule has 0 saturated carbocycles. The number of carboxylic acid groups (broad SMARTS) is 1. The van der Waals surface area contributed by atoms with Crippen LogP contribution in [-0.2, 0) is 9.59 Å². The standard InChI is InChI=1S/C18H34O2.C14H26O/c1-3-5-7-8-9-10-11-12-13-14-16-17(18(19)20)15-6-4-2;1-2-3-4-5-6-7-8-9-10-11-12-13-14-15/h10-11,17H,3-9,12-16H2,1-2H3,(H,19,20);7-8,14H,2-6,9-13H2,1H3/b11-10-;8-7-/t17-;/m0./s1. The summed E-state index contributed by atoms with van der Waals surface area (Å²) in [5.74, 6) is -0.724. The molecule has 0 spiro atoms. The third-order valence-electron chi connectivity index (χ3n) is 6.40. The molecule has 0 rings (SSSR count). The van der Waals surface area contributed by atoms with E-state index in [4.69, 9.17) is 5.11 Å². The van der Waals surface area contributed by atoms with Crippen LogP contribution in [-0.4, -0.2) is 17.4 Å². The van der Waals surface area contributed by atoms with Crippen LogP contribution in [0.5, 0.6) is 0 Å². The quantitative estimate of drug-likeness (QED) is 0.0783. The third kappa shape index (κ3) is 32.6. The summed E-state index contributed by atoms with van der Waals surface area (Å²) in [6.07, 6.45) is 35.9. The molecule has 1 atom stereocenters. The second-order valence-electron chi connectivity index (χ2n) is 9.91. The highest BCUT2D eigenvalue weighted by Gasteiger charge is 2.15. The van der Waals surface area contributed by atoms with E-state index in [0.717, 1.165) is 64.1 Å². The monoisotopic (exact) mass is 492 g/mol. The number of hydrogen-bond acceptors (Lipinski definition) is 2. The van der Waals surface area contributed by atoms with Gasteiger partial charge in [-0.1, -0.05) is 109 Å². The minimum absolute atomic E-state index is 0.118. The summed E-state index contributed by atoms with van der Waals surface area (Å²) in [4.78, 5) is 21.1. The highest BCUT2D eigenvalue weighted by molar-refractivity contribution is 5.69. The Kier molecular flexibility index (Phi) is 33.3. The van der Waals surface area contributed by atoms with Crippen LogP contribution < -0.4 is 0 Å². The van der Waals surface area contributed by atoms with Crippen molar-refractivity contribution < 1.29 is 14.7 Å². The maximum atomic E-state index is 11.1. The summed E-state index contributed by atoms with van der Waals surface area (Å²) in [7, 11) is 0. The molecule has 35 heavy (non-hydrogen) atoms. The molecule has 0 aliphatic carbocycles. The van der Waals surface area contributed by atoms with Crippen molar-refractivity contribution in [2.24, 2.45) is 5.92 Å². The molecule has 0 aromatic rings. The van der Waals surface area contributed by atoms with Crippen molar-refractivity contribution in [3.05, 3.63) is 24.3 Å². The first-order valence-corrected chi connectivity index (χ1v) is 15.1. The predicted molar refractivity (Wildman–Crippen MR) is 154 cm³/mol. The van der Waals surface area contributed by atoms with Gasteiger partial charge in [0.15, 0.2) is 0 Å². The van der Waals surface area contributed by atoms with Crippen LogP contribution >= 0.6 is 0 Å². The molecule has 3 heteroatoms. The van der Waals surface area contributed by atoms with Gasteiger partial charge in [-0.05, 0) is 70.6 Å². The van der Waals surface area contributed by atoms with E-state index in [2.05, 4.69) is 45.1 Å². The molecule has 1 N–H and O–H groups in total. The van der Waals surface area contributed by atoms with Crippen LogP contribution in [0.1, 0.15) is 162 Å². The van der Waals surface area contributed by atoms with Gasteiger partial charge in [-0.25, -0.2) is 0 Å². The summed E-state index contributed by atoms with van der Waals surface area (Å²) >= 11 is 0. The summed E-state index contributed by atoms with van der Waals surface area (Å²) in [5, 5.41) is 9.13. The van der Waals surface area contributed by atoms with Gasteiger partial charge in [0.25, 0.3) is 0 Å². The zero-order valence-corrected chi connectivity index (χ0v) is 23.8. The van der Waals surface area contributed by atoms with Crippen LogP contribution in [0.15, 0.2) is 24.3 Å². The number of unbranched alkanes of at least 4 members (excludes halogenated alkanes) is 15. The van der Waals surface area contributed by atoms with Crippen LogP contribution in [0, 0.1) is 5.92 Å². The SMILES string of the molecule is CCCCCC/C=C\CCCCCC=O.CCCCCC/C=C\CCCC[C@H](CCCC)C(=O)O. The fourth-order valence-electron chi connectivity index (χ4n) is 4.01. The second-order valence-corrected chi connectivity index (χ2v) is 9.91. The lowest BCUT2D eigenvalue weighted by Crippen LogP contribution is -2.13. The number of aldehydes is 1. The molecule has 0 aliphatic heterocycles. The molecule has 0 radical (unpaired) electrons. The van der Waals surface area contributed by atoms with Crippen molar-refractivity contribution in [3.8, 4) is 0 Å². The highest BCUT2D eigenvalue weighted by atomic mass is 16.4. The van der Waals surface area contributed by atoms with Crippen molar-refractivity contribution in [2.45, 2.75) is 162 Å². The molecule has 0 bridgehead atoms. The van der Waals surface area contributed by atoms with E-state index in [-0.39, 0.29) is 5.92 Å². The van der Waals surface area contributed by atoms with E-state index in [1.807, 2.05) is 0 Å². The van der Waals surface area contributed by atoms with Gasteiger partial charge < -0.3 is 9.90 Å². The predicted octanol–water partition coefficient (Wildman–Crippen LogP) is 10.6. The Morgan fingerprint density at radius 2 is 0.914 bits per heavy atom. The highest BCUT2D eigenvalue weighted by Crippen LogP contribution is 2.17. The first-order valence-electron chi connectivity index (χ1n) is 15.1. The Morgan fingerprint density at radius 3 is 1.31 bits per heavy atom. The lowest BCUT2D eigenvalue weighted by molar-refractivity contribution is -0.142. The van der Waals surface area contributed by atoms with E-state index < -0.39 is 5.97 Å². The lowest BCUT2D eigenvalue weighted by atomic mass is 9.95.